The minimum Gasteiger partial charge on any atom is -0.372 e. The summed E-state index contributed by atoms with van der Waals surface area (Å²) >= 11 is 0. The summed E-state index contributed by atoms with van der Waals surface area (Å²) in [4.78, 5) is 0. The molecular weight excluding hydrogens is 340 g/mol. The molecule has 1 aliphatic carbocycles. The number of hydrogen-bond acceptors (Lipinski definition) is 1. The summed E-state index contributed by atoms with van der Waals surface area (Å²) < 4.78 is 5.95. The van der Waals surface area contributed by atoms with Crippen molar-refractivity contribution >= 4 is 0 Å². The van der Waals surface area contributed by atoms with E-state index in [0.717, 1.165) is 6.42 Å². The fourth-order valence-electron chi connectivity index (χ4n) is 4.66. The zero-order valence-electron chi connectivity index (χ0n) is 15.6. The molecule has 4 aromatic carbocycles. The highest BCUT2D eigenvalue weighted by atomic mass is 16.5. The van der Waals surface area contributed by atoms with Crippen LogP contribution in [0.3, 0.4) is 0 Å². The summed E-state index contributed by atoms with van der Waals surface area (Å²) in [5.74, 6) is 0. The van der Waals surface area contributed by atoms with Crippen LogP contribution in [0.1, 0.15) is 22.3 Å². The molecule has 0 bridgehead atoms. The molecule has 0 saturated carbocycles. The Morgan fingerprint density at radius 1 is 0.464 bits per heavy atom. The molecule has 1 aliphatic heterocycles. The predicted molar refractivity (Wildman–Crippen MR) is 114 cm³/mol. The van der Waals surface area contributed by atoms with E-state index in [9.17, 15) is 0 Å². The van der Waals surface area contributed by atoms with E-state index in [1.165, 1.54) is 55.6 Å². The van der Waals surface area contributed by atoms with Crippen molar-refractivity contribution in [3.63, 3.8) is 0 Å². The highest BCUT2D eigenvalue weighted by Crippen LogP contribution is 2.39. The highest BCUT2D eigenvalue weighted by Gasteiger charge is 2.19. The minimum atomic E-state index is 0.661. The first kappa shape index (κ1) is 15.9. The van der Waals surface area contributed by atoms with Crippen LogP contribution in [0.15, 0.2) is 84.9 Å². The van der Waals surface area contributed by atoms with Crippen molar-refractivity contribution in [1.82, 2.24) is 0 Å². The first-order chi connectivity index (χ1) is 13.9. The van der Waals surface area contributed by atoms with Crippen molar-refractivity contribution < 1.29 is 4.74 Å². The molecule has 134 valence electrons. The lowest BCUT2D eigenvalue weighted by molar-refractivity contribution is 0.110. The first-order valence-corrected chi connectivity index (χ1v) is 9.87. The molecule has 0 spiro atoms. The normalized spacial score (nSPS) is 13.9. The SMILES string of the molecule is c1ccc2c(c1)COCc1cc(-c3ccc4c(c3)Cc3ccccc3-4)ccc1-2. The van der Waals surface area contributed by atoms with Crippen LogP contribution < -0.4 is 0 Å². The van der Waals surface area contributed by atoms with Gasteiger partial charge in [-0.1, -0.05) is 78.9 Å². The Hall–Kier alpha value is -3.16. The molecule has 0 radical (unpaired) electrons. The topological polar surface area (TPSA) is 9.23 Å². The van der Waals surface area contributed by atoms with E-state index in [-0.39, 0.29) is 0 Å². The predicted octanol–water partition coefficient (Wildman–Crippen LogP) is 6.62. The van der Waals surface area contributed by atoms with Gasteiger partial charge in [0.15, 0.2) is 0 Å². The number of hydrogen-bond donors (Lipinski definition) is 0. The fraction of sp³-hybridized carbons (Fsp3) is 0.111. The molecule has 0 amide bonds. The lowest BCUT2D eigenvalue weighted by Crippen LogP contribution is -1.91. The molecule has 1 nitrogen and oxygen atoms in total. The Balaban J connectivity index is 1.43. The Bertz CT molecular complexity index is 1220. The third kappa shape index (κ3) is 2.44. The second-order valence-corrected chi connectivity index (χ2v) is 7.73. The van der Waals surface area contributed by atoms with Crippen molar-refractivity contribution in [2.24, 2.45) is 0 Å². The Morgan fingerprint density at radius 2 is 1.00 bits per heavy atom. The number of rotatable bonds is 1. The van der Waals surface area contributed by atoms with Gasteiger partial charge >= 0.3 is 0 Å². The average Bonchev–Trinajstić information content (AvgIpc) is 3.01. The quantitative estimate of drug-likeness (QED) is 0.326. The zero-order chi connectivity index (χ0) is 18.5. The summed E-state index contributed by atoms with van der Waals surface area (Å²) in [6, 6.07) is 31.0. The van der Waals surface area contributed by atoms with E-state index in [1.54, 1.807) is 0 Å². The van der Waals surface area contributed by atoms with E-state index in [1.807, 2.05) is 0 Å². The molecule has 2 aliphatic rings. The summed E-state index contributed by atoms with van der Waals surface area (Å²) in [7, 11) is 0. The average molecular weight is 360 g/mol. The largest absolute Gasteiger partial charge is 0.372 e. The summed E-state index contributed by atoms with van der Waals surface area (Å²) in [5, 5.41) is 0. The van der Waals surface area contributed by atoms with E-state index in [2.05, 4.69) is 84.9 Å². The van der Waals surface area contributed by atoms with Gasteiger partial charge in [0.05, 0.1) is 13.2 Å². The van der Waals surface area contributed by atoms with Gasteiger partial charge in [0.25, 0.3) is 0 Å². The first-order valence-electron chi connectivity index (χ1n) is 9.87. The molecule has 1 heteroatoms. The second-order valence-electron chi connectivity index (χ2n) is 7.73. The molecule has 6 rings (SSSR count). The highest BCUT2D eigenvalue weighted by molar-refractivity contribution is 5.81. The Labute approximate surface area is 165 Å². The van der Waals surface area contributed by atoms with Crippen molar-refractivity contribution in [2.75, 3.05) is 0 Å². The van der Waals surface area contributed by atoms with Gasteiger partial charge in [-0.25, -0.2) is 0 Å². The summed E-state index contributed by atoms with van der Waals surface area (Å²) in [6.45, 7) is 1.34. The smallest absolute Gasteiger partial charge is 0.0727 e. The van der Waals surface area contributed by atoms with Crippen LogP contribution in [0.25, 0.3) is 33.4 Å². The van der Waals surface area contributed by atoms with Gasteiger partial charge in [0, 0.05) is 0 Å². The molecule has 1 heterocycles. The number of fused-ring (bicyclic) bond motifs is 6. The van der Waals surface area contributed by atoms with Gasteiger partial charge in [0.1, 0.15) is 0 Å². The Morgan fingerprint density at radius 3 is 1.79 bits per heavy atom. The maximum atomic E-state index is 5.95. The Kier molecular flexibility index (Phi) is 3.50. The monoisotopic (exact) mass is 360 g/mol. The molecule has 0 fully saturated rings. The van der Waals surface area contributed by atoms with Crippen molar-refractivity contribution in [3.05, 3.63) is 107 Å². The fourth-order valence-corrected chi connectivity index (χ4v) is 4.66. The van der Waals surface area contributed by atoms with Crippen LogP contribution in [0.2, 0.25) is 0 Å². The van der Waals surface area contributed by atoms with E-state index in [4.69, 9.17) is 4.74 Å². The number of ether oxygens (including phenoxy) is 1. The molecule has 0 aromatic heterocycles. The molecule has 4 aromatic rings. The van der Waals surface area contributed by atoms with E-state index >= 15 is 0 Å². The van der Waals surface area contributed by atoms with Crippen LogP contribution in [0.4, 0.5) is 0 Å². The molecule has 28 heavy (non-hydrogen) atoms. The van der Waals surface area contributed by atoms with Crippen LogP contribution in [0, 0.1) is 0 Å². The van der Waals surface area contributed by atoms with Crippen LogP contribution in [0.5, 0.6) is 0 Å². The van der Waals surface area contributed by atoms with Crippen molar-refractivity contribution in [2.45, 2.75) is 19.6 Å². The van der Waals surface area contributed by atoms with Gasteiger partial charge in [-0.3, -0.25) is 0 Å². The summed E-state index contributed by atoms with van der Waals surface area (Å²) in [6.07, 6.45) is 1.03. The van der Waals surface area contributed by atoms with Gasteiger partial charge < -0.3 is 4.74 Å². The van der Waals surface area contributed by atoms with Gasteiger partial charge in [-0.2, -0.15) is 0 Å². The molecule has 0 N–H and O–H groups in total. The minimum absolute atomic E-state index is 0.661. The maximum Gasteiger partial charge on any atom is 0.0727 e. The molecule has 0 unspecified atom stereocenters. The van der Waals surface area contributed by atoms with Gasteiger partial charge in [-0.05, 0) is 68.1 Å². The second kappa shape index (κ2) is 6.19. The maximum absolute atomic E-state index is 5.95. The lowest BCUT2D eigenvalue weighted by atomic mass is 9.92. The van der Waals surface area contributed by atoms with E-state index < -0.39 is 0 Å². The lowest BCUT2D eigenvalue weighted by Gasteiger charge is -2.12. The van der Waals surface area contributed by atoms with Gasteiger partial charge in [-0.15, -0.1) is 0 Å². The number of benzene rings is 4. The third-order valence-corrected chi connectivity index (χ3v) is 6.05. The molecular formula is C27H20O. The van der Waals surface area contributed by atoms with Crippen LogP contribution >= 0.6 is 0 Å². The van der Waals surface area contributed by atoms with Crippen molar-refractivity contribution in [1.29, 1.82) is 0 Å². The molecule has 0 saturated heterocycles. The van der Waals surface area contributed by atoms with Crippen LogP contribution in [-0.2, 0) is 24.4 Å². The third-order valence-electron chi connectivity index (χ3n) is 6.05. The van der Waals surface area contributed by atoms with Crippen LogP contribution in [-0.4, -0.2) is 0 Å². The van der Waals surface area contributed by atoms with Gasteiger partial charge in [0.2, 0.25) is 0 Å². The van der Waals surface area contributed by atoms with E-state index in [0.29, 0.717) is 13.2 Å². The van der Waals surface area contributed by atoms with Crippen molar-refractivity contribution in [3.8, 4) is 33.4 Å². The summed E-state index contributed by atoms with van der Waals surface area (Å²) in [5.41, 5.74) is 13.3. The zero-order valence-corrected chi connectivity index (χ0v) is 15.6. The standard InChI is InChI=1S/C27H20O/c1-3-7-24-20(5-1)15-22-13-18(9-11-26(22)24)19-10-12-27-23(14-19)17-28-16-21-6-2-4-8-25(21)27/h1-14H,15-17H2. The molecule has 0 atom stereocenters.